The van der Waals surface area contributed by atoms with Gasteiger partial charge in [0.05, 0.1) is 0 Å². The van der Waals surface area contributed by atoms with Crippen LogP contribution in [0.25, 0.3) is 0 Å². The third-order valence-corrected chi connectivity index (χ3v) is 6.68. The highest BCUT2D eigenvalue weighted by atomic mass is 14.9. The van der Waals surface area contributed by atoms with Gasteiger partial charge in [-0.25, -0.2) is 0 Å². The minimum atomic E-state index is 0.795. The SMILES string of the molecule is CCCCC(C)C(CNC1CCC(C(C)CC)C1)C(C)CC. The molecular weight excluding hydrogens is 266 g/mol. The fraction of sp³-hybridized carbons (Fsp3) is 1.00. The Hall–Kier alpha value is -0.0400. The molecule has 0 aromatic heterocycles. The lowest BCUT2D eigenvalue weighted by atomic mass is 9.79. The molecule has 1 heteroatoms. The quantitative estimate of drug-likeness (QED) is 0.473. The van der Waals surface area contributed by atoms with E-state index in [2.05, 4.69) is 46.9 Å². The fourth-order valence-electron chi connectivity index (χ4n) is 4.36. The molecule has 0 amide bonds. The van der Waals surface area contributed by atoms with Gasteiger partial charge in [-0.05, 0) is 55.4 Å². The zero-order valence-corrected chi connectivity index (χ0v) is 16.3. The van der Waals surface area contributed by atoms with E-state index in [4.69, 9.17) is 0 Å². The van der Waals surface area contributed by atoms with Gasteiger partial charge >= 0.3 is 0 Å². The molecule has 6 atom stereocenters. The van der Waals surface area contributed by atoms with Gasteiger partial charge in [0.2, 0.25) is 0 Å². The predicted molar refractivity (Wildman–Crippen MR) is 100 cm³/mol. The van der Waals surface area contributed by atoms with Gasteiger partial charge in [0.25, 0.3) is 0 Å². The van der Waals surface area contributed by atoms with Crippen LogP contribution in [0.15, 0.2) is 0 Å². The minimum absolute atomic E-state index is 0.795. The Kier molecular flexibility index (Phi) is 9.71. The molecule has 0 aromatic rings. The molecular formula is C21H43N. The van der Waals surface area contributed by atoms with Crippen LogP contribution in [-0.4, -0.2) is 12.6 Å². The van der Waals surface area contributed by atoms with Crippen molar-refractivity contribution in [3.63, 3.8) is 0 Å². The molecule has 132 valence electrons. The molecule has 0 aliphatic heterocycles. The van der Waals surface area contributed by atoms with Crippen molar-refractivity contribution in [1.29, 1.82) is 0 Å². The summed E-state index contributed by atoms with van der Waals surface area (Å²) in [6, 6.07) is 0.795. The summed E-state index contributed by atoms with van der Waals surface area (Å²) in [6.07, 6.45) is 11.1. The standard InChI is InChI=1S/C21H43N/c1-7-10-11-18(6)21(17(5)9-3)15-22-20-13-12-19(14-20)16(4)8-2/h16-22H,7-15H2,1-6H3. The number of hydrogen-bond acceptors (Lipinski definition) is 1. The number of nitrogens with one attached hydrogen (secondary N) is 1. The maximum atomic E-state index is 3.96. The van der Waals surface area contributed by atoms with Crippen LogP contribution in [0.5, 0.6) is 0 Å². The molecule has 1 N–H and O–H groups in total. The van der Waals surface area contributed by atoms with E-state index in [1.165, 1.54) is 57.9 Å². The minimum Gasteiger partial charge on any atom is -0.314 e. The maximum Gasteiger partial charge on any atom is 0.00700 e. The van der Waals surface area contributed by atoms with Crippen molar-refractivity contribution >= 4 is 0 Å². The highest BCUT2D eigenvalue weighted by molar-refractivity contribution is 4.84. The number of hydrogen-bond donors (Lipinski definition) is 1. The summed E-state index contributed by atoms with van der Waals surface area (Å²) in [5, 5.41) is 3.96. The average Bonchev–Trinajstić information content (AvgIpc) is 3.00. The fourth-order valence-corrected chi connectivity index (χ4v) is 4.36. The molecule has 0 saturated heterocycles. The third-order valence-electron chi connectivity index (χ3n) is 6.68. The summed E-state index contributed by atoms with van der Waals surface area (Å²) in [7, 11) is 0. The van der Waals surface area contributed by atoms with E-state index in [0.717, 1.165) is 35.6 Å². The van der Waals surface area contributed by atoms with Gasteiger partial charge in [0, 0.05) is 6.04 Å². The summed E-state index contributed by atoms with van der Waals surface area (Å²) in [5.41, 5.74) is 0. The van der Waals surface area contributed by atoms with Crippen LogP contribution in [0.1, 0.15) is 92.9 Å². The van der Waals surface area contributed by atoms with Crippen LogP contribution in [0.4, 0.5) is 0 Å². The van der Waals surface area contributed by atoms with Crippen molar-refractivity contribution in [2.45, 2.75) is 99.0 Å². The van der Waals surface area contributed by atoms with Crippen LogP contribution < -0.4 is 5.32 Å². The van der Waals surface area contributed by atoms with Gasteiger partial charge in [-0.1, -0.05) is 73.6 Å². The van der Waals surface area contributed by atoms with Crippen LogP contribution in [-0.2, 0) is 0 Å². The molecule has 0 spiro atoms. The average molecular weight is 310 g/mol. The molecule has 1 aliphatic rings. The molecule has 0 radical (unpaired) electrons. The van der Waals surface area contributed by atoms with Gasteiger partial charge in [-0.15, -0.1) is 0 Å². The predicted octanol–water partition coefficient (Wildman–Crippen LogP) is 6.28. The van der Waals surface area contributed by atoms with Crippen molar-refractivity contribution in [2.24, 2.45) is 29.6 Å². The first-order chi connectivity index (χ1) is 10.5. The molecule has 22 heavy (non-hydrogen) atoms. The molecule has 0 heterocycles. The van der Waals surface area contributed by atoms with E-state index >= 15 is 0 Å². The van der Waals surface area contributed by atoms with Gasteiger partial charge in [0.1, 0.15) is 0 Å². The Labute approximate surface area is 141 Å². The zero-order valence-electron chi connectivity index (χ0n) is 16.3. The Bertz CT molecular complexity index is 275. The highest BCUT2D eigenvalue weighted by Crippen LogP contribution is 2.34. The molecule has 1 rings (SSSR count). The zero-order chi connectivity index (χ0) is 16.5. The van der Waals surface area contributed by atoms with E-state index in [0.29, 0.717) is 0 Å². The van der Waals surface area contributed by atoms with Gasteiger partial charge in [-0.2, -0.15) is 0 Å². The van der Waals surface area contributed by atoms with Gasteiger partial charge in [0.15, 0.2) is 0 Å². The van der Waals surface area contributed by atoms with Crippen LogP contribution in [0, 0.1) is 29.6 Å². The van der Waals surface area contributed by atoms with Crippen LogP contribution in [0.3, 0.4) is 0 Å². The van der Waals surface area contributed by atoms with Crippen molar-refractivity contribution in [1.82, 2.24) is 5.32 Å². The van der Waals surface area contributed by atoms with Crippen molar-refractivity contribution in [3.05, 3.63) is 0 Å². The molecule has 1 fully saturated rings. The van der Waals surface area contributed by atoms with Gasteiger partial charge < -0.3 is 5.32 Å². The van der Waals surface area contributed by atoms with Gasteiger partial charge in [-0.3, -0.25) is 0 Å². The summed E-state index contributed by atoms with van der Waals surface area (Å²) in [4.78, 5) is 0. The second-order valence-electron chi connectivity index (χ2n) is 8.23. The Morgan fingerprint density at radius 2 is 1.68 bits per heavy atom. The molecule has 1 nitrogen and oxygen atoms in total. The summed E-state index contributed by atoms with van der Waals surface area (Å²) in [6.45, 7) is 15.7. The molecule has 1 saturated carbocycles. The normalized spacial score (nSPS) is 27.5. The van der Waals surface area contributed by atoms with Crippen molar-refractivity contribution < 1.29 is 0 Å². The summed E-state index contributed by atoms with van der Waals surface area (Å²) in [5.74, 6) is 4.47. The third kappa shape index (κ3) is 6.22. The topological polar surface area (TPSA) is 12.0 Å². The number of unbranched alkanes of at least 4 members (excludes halogenated alkanes) is 1. The molecule has 6 unspecified atom stereocenters. The van der Waals surface area contributed by atoms with Crippen LogP contribution >= 0.6 is 0 Å². The maximum absolute atomic E-state index is 3.96. The first-order valence-electron chi connectivity index (χ1n) is 10.3. The molecule has 0 bridgehead atoms. The Morgan fingerprint density at radius 3 is 2.27 bits per heavy atom. The smallest absolute Gasteiger partial charge is 0.00700 e. The van der Waals surface area contributed by atoms with E-state index < -0.39 is 0 Å². The Balaban J connectivity index is 2.43. The first kappa shape index (κ1) is 20.0. The second kappa shape index (κ2) is 10.7. The van der Waals surface area contributed by atoms with E-state index in [9.17, 15) is 0 Å². The van der Waals surface area contributed by atoms with E-state index in [1.807, 2.05) is 0 Å². The largest absolute Gasteiger partial charge is 0.314 e. The molecule has 0 aromatic carbocycles. The Morgan fingerprint density at radius 1 is 0.955 bits per heavy atom. The van der Waals surface area contributed by atoms with Crippen LogP contribution in [0.2, 0.25) is 0 Å². The lowest BCUT2D eigenvalue weighted by Crippen LogP contribution is -2.36. The monoisotopic (exact) mass is 309 g/mol. The lowest BCUT2D eigenvalue weighted by molar-refractivity contribution is 0.218. The summed E-state index contributed by atoms with van der Waals surface area (Å²) >= 11 is 0. The number of rotatable bonds is 11. The summed E-state index contributed by atoms with van der Waals surface area (Å²) < 4.78 is 0. The second-order valence-corrected chi connectivity index (χ2v) is 8.23. The molecule has 1 aliphatic carbocycles. The van der Waals surface area contributed by atoms with E-state index in [-0.39, 0.29) is 0 Å². The first-order valence-corrected chi connectivity index (χ1v) is 10.3. The highest BCUT2D eigenvalue weighted by Gasteiger charge is 2.29. The van der Waals surface area contributed by atoms with E-state index in [1.54, 1.807) is 0 Å². The van der Waals surface area contributed by atoms with Crippen molar-refractivity contribution in [3.8, 4) is 0 Å². The lowest BCUT2D eigenvalue weighted by Gasteiger charge is -2.31. The van der Waals surface area contributed by atoms with Crippen molar-refractivity contribution in [2.75, 3.05) is 6.54 Å².